The van der Waals surface area contributed by atoms with Gasteiger partial charge < -0.3 is 18.2 Å². The third-order valence-corrected chi connectivity index (χ3v) is 3.07. The summed E-state index contributed by atoms with van der Waals surface area (Å²) in [6.45, 7) is 0.159. The van der Waals surface area contributed by atoms with E-state index in [4.69, 9.17) is 18.2 Å². The molecule has 0 aromatic carbocycles. The van der Waals surface area contributed by atoms with Gasteiger partial charge in [-0.15, -0.1) is 0 Å². The van der Waals surface area contributed by atoms with Crippen molar-refractivity contribution in [3.63, 3.8) is 0 Å². The number of ether oxygens (including phenoxy) is 1. The van der Waals surface area contributed by atoms with E-state index in [-0.39, 0.29) is 27.2 Å². The van der Waals surface area contributed by atoms with Crippen LogP contribution in [-0.4, -0.2) is 9.55 Å². The predicted molar refractivity (Wildman–Crippen MR) is 56.0 cm³/mol. The normalized spacial score (nSPS) is 16.5. The lowest BCUT2D eigenvalue weighted by molar-refractivity contribution is 0.257. The molecule has 4 rings (SSSR count). The summed E-state index contributed by atoms with van der Waals surface area (Å²) in [6, 6.07) is 1.51. The molecule has 0 fully saturated rings. The topological polar surface area (TPSA) is 75.7 Å². The zero-order valence-corrected chi connectivity index (χ0v) is 9.30. The average molecular weight is 252 g/mol. The molecule has 2 aromatic rings. The van der Waals surface area contributed by atoms with E-state index >= 15 is 0 Å². The van der Waals surface area contributed by atoms with Crippen LogP contribution < -0.4 is 19.3 Å². The zero-order chi connectivity index (χ0) is 11.4. The van der Waals surface area contributed by atoms with Crippen molar-refractivity contribution in [1.82, 2.24) is 9.55 Å². The SMILES string of the molecule is O=c1ccn2c(n1)OCc1oc-2c2c1OPO2. The van der Waals surface area contributed by atoms with Gasteiger partial charge in [0.2, 0.25) is 11.5 Å². The summed E-state index contributed by atoms with van der Waals surface area (Å²) in [5.74, 6) is 2.08. The second-order valence-corrected chi connectivity index (χ2v) is 4.06. The summed E-state index contributed by atoms with van der Waals surface area (Å²) in [4.78, 5) is 14.9. The molecule has 7 nitrogen and oxygen atoms in total. The maximum atomic E-state index is 11.2. The fourth-order valence-corrected chi connectivity index (χ4v) is 2.35. The Balaban J connectivity index is 2.04. The number of furan rings is 1. The Bertz CT molecular complexity index is 677. The van der Waals surface area contributed by atoms with Crippen LogP contribution in [0.1, 0.15) is 5.76 Å². The van der Waals surface area contributed by atoms with Crippen LogP contribution in [0.5, 0.6) is 17.5 Å². The second kappa shape index (κ2) is 3.01. The van der Waals surface area contributed by atoms with Crippen molar-refractivity contribution in [3.05, 3.63) is 28.4 Å². The van der Waals surface area contributed by atoms with Gasteiger partial charge in [0.25, 0.3) is 20.5 Å². The van der Waals surface area contributed by atoms with Crippen LogP contribution in [0.4, 0.5) is 0 Å². The monoisotopic (exact) mass is 252 g/mol. The van der Waals surface area contributed by atoms with E-state index in [0.29, 0.717) is 23.1 Å². The van der Waals surface area contributed by atoms with Gasteiger partial charge in [0.15, 0.2) is 12.4 Å². The van der Waals surface area contributed by atoms with E-state index in [2.05, 4.69) is 4.98 Å². The Morgan fingerprint density at radius 3 is 3.18 bits per heavy atom. The highest BCUT2D eigenvalue weighted by Gasteiger charge is 2.33. The molecule has 0 saturated carbocycles. The molecule has 2 bridgehead atoms. The summed E-state index contributed by atoms with van der Waals surface area (Å²) >= 11 is 0. The summed E-state index contributed by atoms with van der Waals surface area (Å²) in [7, 11) is -0.0787. The van der Waals surface area contributed by atoms with Gasteiger partial charge in [0.1, 0.15) is 0 Å². The summed E-state index contributed by atoms with van der Waals surface area (Å²) in [5, 5.41) is 0. The molecule has 8 heteroatoms. The van der Waals surface area contributed by atoms with Crippen molar-refractivity contribution >= 4 is 9.03 Å². The van der Waals surface area contributed by atoms with Gasteiger partial charge in [0.05, 0.1) is 0 Å². The Morgan fingerprint density at radius 1 is 1.35 bits per heavy atom. The Morgan fingerprint density at radius 2 is 2.24 bits per heavy atom. The van der Waals surface area contributed by atoms with Crippen LogP contribution in [-0.2, 0) is 6.61 Å². The molecular weight excluding hydrogens is 247 g/mol. The molecule has 0 spiro atoms. The fraction of sp³-hybridized carbons (Fsp3) is 0.111. The van der Waals surface area contributed by atoms with Crippen LogP contribution in [0.3, 0.4) is 0 Å². The molecule has 0 aliphatic carbocycles. The molecule has 2 aliphatic rings. The molecule has 1 unspecified atom stereocenters. The van der Waals surface area contributed by atoms with Crippen molar-refractivity contribution in [1.29, 1.82) is 0 Å². The molecule has 2 aromatic heterocycles. The van der Waals surface area contributed by atoms with E-state index in [1.807, 2.05) is 0 Å². The molecule has 4 heterocycles. The number of aromatic nitrogens is 2. The van der Waals surface area contributed by atoms with Gasteiger partial charge in [-0.2, -0.15) is 4.98 Å². The average Bonchev–Trinajstić information content (AvgIpc) is 2.84. The standard InChI is InChI=1S/C9H5N2O5P/c12-5-1-2-11-8-7-6(15-17-16-7)4(14-8)3-13-9(11)10-5/h1-2,17H,3H2. The molecule has 0 amide bonds. The van der Waals surface area contributed by atoms with Crippen LogP contribution in [0.15, 0.2) is 21.5 Å². The number of fused-ring (bicyclic) bond motifs is 7. The first-order chi connectivity index (χ1) is 8.33. The number of nitrogens with zero attached hydrogens (tertiary/aromatic N) is 2. The van der Waals surface area contributed by atoms with Gasteiger partial charge in [0, 0.05) is 12.3 Å². The van der Waals surface area contributed by atoms with Crippen LogP contribution in [0, 0.1) is 0 Å². The third-order valence-electron chi connectivity index (χ3n) is 2.49. The highest BCUT2D eigenvalue weighted by molar-refractivity contribution is 7.27. The quantitative estimate of drug-likeness (QED) is 0.651. The lowest BCUT2D eigenvalue weighted by atomic mass is 10.4. The Kier molecular flexibility index (Phi) is 1.61. The number of hydrogen-bond donors (Lipinski definition) is 0. The van der Waals surface area contributed by atoms with E-state index in [1.54, 1.807) is 0 Å². The second-order valence-electron chi connectivity index (χ2n) is 3.48. The number of hydrogen-bond acceptors (Lipinski definition) is 6. The Labute approximate surface area is 95.9 Å². The highest BCUT2D eigenvalue weighted by Crippen LogP contribution is 2.51. The summed E-state index contributed by atoms with van der Waals surface area (Å²) in [6.07, 6.45) is 1.53. The molecule has 0 saturated heterocycles. The molecule has 1 atom stereocenters. The maximum absolute atomic E-state index is 11.2. The van der Waals surface area contributed by atoms with Crippen LogP contribution in [0.25, 0.3) is 5.88 Å². The van der Waals surface area contributed by atoms with Crippen molar-refractivity contribution in [2.24, 2.45) is 0 Å². The van der Waals surface area contributed by atoms with Gasteiger partial charge in [-0.3, -0.25) is 4.79 Å². The van der Waals surface area contributed by atoms with Crippen LogP contribution in [0.2, 0.25) is 0 Å². The third kappa shape index (κ3) is 1.14. The predicted octanol–water partition coefficient (Wildman–Crippen LogP) is 0.998. The minimum absolute atomic E-state index is 0.0787. The first-order valence-corrected chi connectivity index (χ1v) is 5.62. The zero-order valence-electron chi connectivity index (χ0n) is 8.30. The summed E-state index contributed by atoms with van der Waals surface area (Å²) in [5.41, 5.74) is -0.362. The summed E-state index contributed by atoms with van der Waals surface area (Å²) < 4.78 is 23.1. The Hall–Kier alpha value is -2.01. The van der Waals surface area contributed by atoms with Crippen molar-refractivity contribution in [3.8, 4) is 23.4 Å². The minimum atomic E-state index is -0.362. The molecule has 0 radical (unpaired) electrons. The molecular formula is C9H5N2O5P. The largest absolute Gasteiger partial charge is 0.456 e. The van der Waals surface area contributed by atoms with Crippen LogP contribution >= 0.6 is 9.03 Å². The first-order valence-electron chi connectivity index (χ1n) is 4.80. The van der Waals surface area contributed by atoms with E-state index in [1.165, 1.54) is 16.8 Å². The van der Waals surface area contributed by atoms with Crippen molar-refractivity contribution in [2.45, 2.75) is 6.61 Å². The van der Waals surface area contributed by atoms with Gasteiger partial charge >= 0.3 is 6.01 Å². The molecule has 17 heavy (non-hydrogen) atoms. The molecule has 86 valence electrons. The smallest absolute Gasteiger partial charge is 0.307 e. The maximum Gasteiger partial charge on any atom is 0.307 e. The lowest BCUT2D eigenvalue weighted by Gasteiger charge is -2.07. The minimum Gasteiger partial charge on any atom is -0.456 e. The van der Waals surface area contributed by atoms with Gasteiger partial charge in [-0.1, -0.05) is 0 Å². The molecule has 2 aliphatic heterocycles. The van der Waals surface area contributed by atoms with E-state index in [9.17, 15) is 4.79 Å². The van der Waals surface area contributed by atoms with Crippen molar-refractivity contribution < 1.29 is 18.2 Å². The van der Waals surface area contributed by atoms with Gasteiger partial charge in [-0.25, -0.2) is 4.57 Å². The lowest BCUT2D eigenvalue weighted by Crippen LogP contribution is -2.12. The first kappa shape index (κ1) is 9.07. The van der Waals surface area contributed by atoms with E-state index < -0.39 is 0 Å². The fourth-order valence-electron chi connectivity index (χ4n) is 1.76. The number of rotatable bonds is 0. The van der Waals surface area contributed by atoms with Crippen molar-refractivity contribution in [2.75, 3.05) is 0 Å². The molecule has 0 N–H and O–H groups in total. The van der Waals surface area contributed by atoms with E-state index in [0.717, 1.165) is 0 Å². The highest BCUT2D eigenvalue weighted by atomic mass is 31.1. The van der Waals surface area contributed by atoms with Gasteiger partial charge in [-0.05, 0) is 0 Å².